The van der Waals surface area contributed by atoms with E-state index in [1.54, 1.807) is 6.07 Å². The van der Waals surface area contributed by atoms with E-state index in [1.165, 1.54) is 11.3 Å². The minimum Gasteiger partial charge on any atom is -0.465 e. The normalized spacial score (nSPS) is 9.30. The Morgan fingerprint density at radius 3 is 2.80 bits per heavy atom. The van der Waals surface area contributed by atoms with Gasteiger partial charge in [0, 0.05) is 4.88 Å². The van der Waals surface area contributed by atoms with Gasteiger partial charge < -0.3 is 5.11 Å². The van der Waals surface area contributed by atoms with E-state index in [9.17, 15) is 4.79 Å². The van der Waals surface area contributed by atoms with Crippen LogP contribution in [0.2, 0.25) is 0 Å². The molecule has 54 valence electrons. The summed E-state index contributed by atoms with van der Waals surface area (Å²) < 4.78 is 0. The molecule has 1 aromatic rings. The van der Waals surface area contributed by atoms with Crippen molar-refractivity contribution in [3.05, 3.63) is 17.0 Å². The molecule has 3 nitrogen and oxygen atoms in total. The number of anilines is 1. The van der Waals surface area contributed by atoms with Crippen molar-refractivity contribution in [1.29, 1.82) is 0 Å². The molecule has 0 aliphatic rings. The lowest BCUT2D eigenvalue weighted by Crippen LogP contribution is -2.04. The Morgan fingerprint density at radius 2 is 2.40 bits per heavy atom. The first-order valence-corrected chi connectivity index (χ1v) is 3.56. The summed E-state index contributed by atoms with van der Waals surface area (Å²) in [5, 5.41) is 11.2. The number of carbonyl (C=O) groups is 1. The summed E-state index contributed by atoms with van der Waals surface area (Å²) in [6, 6.07) is 3.62. The summed E-state index contributed by atoms with van der Waals surface area (Å²) in [5.74, 6) is 0. The van der Waals surface area contributed by atoms with E-state index >= 15 is 0 Å². The summed E-state index contributed by atoms with van der Waals surface area (Å²) in [4.78, 5) is 11.2. The molecular formula is C6H7NO2S. The van der Waals surface area contributed by atoms with Gasteiger partial charge in [-0.15, -0.1) is 11.3 Å². The molecule has 1 amide bonds. The van der Waals surface area contributed by atoms with Gasteiger partial charge in [0.15, 0.2) is 0 Å². The number of amides is 1. The average molecular weight is 157 g/mol. The molecule has 1 rings (SSSR count). The number of carboxylic acid groups (broad SMARTS) is 1. The van der Waals surface area contributed by atoms with Crippen molar-refractivity contribution < 1.29 is 9.90 Å². The molecule has 0 saturated carbocycles. The zero-order valence-electron chi connectivity index (χ0n) is 5.42. The summed E-state index contributed by atoms with van der Waals surface area (Å²) in [6.07, 6.45) is -1.01. The van der Waals surface area contributed by atoms with E-state index in [-0.39, 0.29) is 0 Å². The van der Waals surface area contributed by atoms with E-state index in [0.29, 0.717) is 5.00 Å². The highest BCUT2D eigenvalue weighted by molar-refractivity contribution is 7.16. The van der Waals surface area contributed by atoms with Gasteiger partial charge in [0.1, 0.15) is 0 Å². The molecule has 4 heteroatoms. The van der Waals surface area contributed by atoms with Crippen LogP contribution < -0.4 is 5.32 Å². The van der Waals surface area contributed by atoms with E-state index in [2.05, 4.69) is 5.32 Å². The van der Waals surface area contributed by atoms with E-state index in [0.717, 1.165) is 4.88 Å². The van der Waals surface area contributed by atoms with Crippen LogP contribution in [0, 0.1) is 6.92 Å². The predicted molar refractivity (Wildman–Crippen MR) is 40.7 cm³/mol. The number of hydrogen-bond acceptors (Lipinski definition) is 2. The van der Waals surface area contributed by atoms with Crippen LogP contribution in [-0.4, -0.2) is 11.2 Å². The van der Waals surface area contributed by atoms with Crippen molar-refractivity contribution in [2.75, 3.05) is 5.32 Å². The van der Waals surface area contributed by atoms with Crippen molar-refractivity contribution in [1.82, 2.24) is 0 Å². The third-order valence-electron chi connectivity index (χ3n) is 0.970. The second kappa shape index (κ2) is 2.70. The standard InChI is InChI=1S/C6H7NO2S/c1-4-2-3-5(10-4)7-6(8)9/h2-3,7H,1H3,(H,8,9). The average Bonchev–Trinajstić information content (AvgIpc) is 2.13. The highest BCUT2D eigenvalue weighted by atomic mass is 32.1. The van der Waals surface area contributed by atoms with Crippen molar-refractivity contribution in [3.8, 4) is 0 Å². The molecule has 0 aliphatic heterocycles. The van der Waals surface area contributed by atoms with Crippen molar-refractivity contribution in [2.45, 2.75) is 6.92 Å². The van der Waals surface area contributed by atoms with Crippen LogP contribution in [0.15, 0.2) is 12.1 Å². The van der Waals surface area contributed by atoms with Crippen LogP contribution in [0.3, 0.4) is 0 Å². The van der Waals surface area contributed by atoms with Gasteiger partial charge in [-0.1, -0.05) is 0 Å². The molecule has 0 bridgehead atoms. The second-order valence-corrected chi connectivity index (χ2v) is 3.13. The first kappa shape index (κ1) is 7.08. The van der Waals surface area contributed by atoms with Gasteiger partial charge in [-0.2, -0.15) is 0 Å². The van der Waals surface area contributed by atoms with Gasteiger partial charge in [0.25, 0.3) is 0 Å². The van der Waals surface area contributed by atoms with Gasteiger partial charge in [0.2, 0.25) is 0 Å². The Bertz CT molecular complexity index is 244. The Balaban J connectivity index is 2.67. The quantitative estimate of drug-likeness (QED) is 0.656. The minimum atomic E-state index is -1.01. The van der Waals surface area contributed by atoms with E-state index in [1.807, 2.05) is 13.0 Å². The smallest absolute Gasteiger partial charge is 0.409 e. The lowest BCUT2D eigenvalue weighted by molar-refractivity contribution is 0.210. The Kier molecular flexibility index (Phi) is 1.91. The number of aryl methyl sites for hydroxylation is 1. The first-order chi connectivity index (χ1) is 4.68. The molecule has 10 heavy (non-hydrogen) atoms. The molecule has 0 aliphatic carbocycles. The van der Waals surface area contributed by atoms with Crippen LogP contribution in [0.25, 0.3) is 0 Å². The molecule has 0 aromatic carbocycles. The maximum Gasteiger partial charge on any atom is 0.409 e. The molecule has 0 radical (unpaired) electrons. The zero-order chi connectivity index (χ0) is 7.56. The van der Waals surface area contributed by atoms with Gasteiger partial charge in [-0.3, -0.25) is 5.32 Å². The number of thiophene rings is 1. The Morgan fingerprint density at radius 1 is 1.70 bits per heavy atom. The topological polar surface area (TPSA) is 49.3 Å². The van der Waals surface area contributed by atoms with E-state index in [4.69, 9.17) is 5.11 Å². The van der Waals surface area contributed by atoms with Crippen molar-refractivity contribution >= 4 is 22.4 Å². The largest absolute Gasteiger partial charge is 0.465 e. The highest BCUT2D eigenvalue weighted by Gasteiger charge is 1.98. The SMILES string of the molecule is Cc1ccc(NC(=O)O)s1. The molecule has 1 aromatic heterocycles. The Hall–Kier alpha value is -1.03. The van der Waals surface area contributed by atoms with Gasteiger partial charge in [-0.05, 0) is 19.1 Å². The van der Waals surface area contributed by atoms with Crippen LogP contribution >= 0.6 is 11.3 Å². The van der Waals surface area contributed by atoms with Crippen LogP contribution in [0.4, 0.5) is 9.80 Å². The van der Waals surface area contributed by atoms with Crippen LogP contribution in [0.5, 0.6) is 0 Å². The molecule has 0 fully saturated rings. The third-order valence-corrected chi connectivity index (χ3v) is 1.89. The summed E-state index contributed by atoms with van der Waals surface area (Å²) in [7, 11) is 0. The number of rotatable bonds is 1. The predicted octanol–water partition coefficient (Wildman–Crippen LogP) is 2.15. The summed E-state index contributed by atoms with van der Waals surface area (Å²) >= 11 is 1.42. The maximum absolute atomic E-state index is 10.1. The van der Waals surface area contributed by atoms with E-state index < -0.39 is 6.09 Å². The van der Waals surface area contributed by atoms with Crippen LogP contribution in [-0.2, 0) is 0 Å². The number of nitrogens with one attached hydrogen (secondary N) is 1. The molecule has 0 spiro atoms. The van der Waals surface area contributed by atoms with Gasteiger partial charge in [0.05, 0.1) is 5.00 Å². The van der Waals surface area contributed by atoms with Crippen LogP contribution in [0.1, 0.15) is 4.88 Å². The zero-order valence-corrected chi connectivity index (χ0v) is 6.23. The molecular weight excluding hydrogens is 150 g/mol. The maximum atomic E-state index is 10.1. The van der Waals surface area contributed by atoms with Crippen molar-refractivity contribution in [2.24, 2.45) is 0 Å². The number of hydrogen-bond donors (Lipinski definition) is 2. The monoisotopic (exact) mass is 157 g/mol. The minimum absolute atomic E-state index is 0.671. The molecule has 0 unspecified atom stereocenters. The fraction of sp³-hybridized carbons (Fsp3) is 0.167. The molecule has 2 N–H and O–H groups in total. The summed E-state index contributed by atoms with van der Waals surface area (Å²) in [6.45, 7) is 1.93. The molecule has 0 atom stereocenters. The molecule has 0 saturated heterocycles. The lowest BCUT2D eigenvalue weighted by atomic mass is 10.5. The molecule has 1 heterocycles. The highest BCUT2D eigenvalue weighted by Crippen LogP contribution is 2.19. The summed E-state index contributed by atoms with van der Waals surface area (Å²) in [5.41, 5.74) is 0. The van der Waals surface area contributed by atoms with Gasteiger partial charge >= 0.3 is 6.09 Å². The van der Waals surface area contributed by atoms with Gasteiger partial charge in [-0.25, -0.2) is 4.79 Å². The third kappa shape index (κ3) is 1.73. The lowest BCUT2D eigenvalue weighted by Gasteiger charge is -1.91. The first-order valence-electron chi connectivity index (χ1n) is 2.75. The van der Waals surface area contributed by atoms with Crippen molar-refractivity contribution in [3.63, 3.8) is 0 Å². The fourth-order valence-electron chi connectivity index (χ4n) is 0.607. The Labute approximate surface area is 62.3 Å². The fourth-order valence-corrected chi connectivity index (χ4v) is 1.36. The second-order valence-electron chi connectivity index (χ2n) is 1.84.